The minimum Gasteiger partial charge on any atom is -0.494 e. The van der Waals surface area contributed by atoms with E-state index in [1.54, 1.807) is 6.07 Å². The van der Waals surface area contributed by atoms with Gasteiger partial charge in [-0.05, 0) is 50.6 Å². The number of hydrogen-bond acceptors (Lipinski definition) is 3. The van der Waals surface area contributed by atoms with E-state index in [9.17, 15) is 4.39 Å². The Bertz CT molecular complexity index is 452. The Kier molecular flexibility index (Phi) is 5.00. The van der Waals surface area contributed by atoms with E-state index in [0.717, 1.165) is 25.1 Å². The van der Waals surface area contributed by atoms with E-state index >= 15 is 0 Å². The normalized spacial score (nSPS) is 25.4. The Morgan fingerprint density at radius 1 is 1.45 bits per heavy atom. The van der Waals surface area contributed by atoms with E-state index in [1.165, 1.54) is 13.2 Å². The second-order valence-corrected chi connectivity index (χ2v) is 5.92. The summed E-state index contributed by atoms with van der Waals surface area (Å²) in [7, 11) is 3.67. The van der Waals surface area contributed by atoms with Crippen LogP contribution in [-0.4, -0.2) is 38.2 Å². The van der Waals surface area contributed by atoms with Crippen LogP contribution in [0.2, 0.25) is 0 Å². The summed E-state index contributed by atoms with van der Waals surface area (Å²) in [6.07, 6.45) is 1.15. The van der Waals surface area contributed by atoms with Crippen molar-refractivity contribution in [3.63, 3.8) is 0 Å². The van der Waals surface area contributed by atoms with Gasteiger partial charge in [0.1, 0.15) is 0 Å². The number of nitrogens with zero attached hydrogens (tertiary/aromatic N) is 1. The fourth-order valence-corrected chi connectivity index (χ4v) is 2.96. The molecule has 20 heavy (non-hydrogen) atoms. The average molecular weight is 280 g/mol. The molecule has 1 aliphatic heterocycles. The van der Waals surface area contributed by atoms with Gasteiger partial charge in [-0.1, -0.05) is 13.0 Å². The summed E-state index contributed by atoms with van der Waals surface area (Å²) in [5, 5.41) is 3.67. The van der Waals surface area contributed by atoms with E-state index in [-0.39, 0.29) is 11.9 Å². The minimum absolute atomic E-state index is 0.195. The predicted octanol–water partition coefficient (Wildman–Crippen LogP) is 2.83. The monoisotopic (exact) mass is 280 g/mol. The summed E-state index contributed by atoms with van der Waals surface area (Å²) >= 11 is 0. The lowest BCUT2D eigenvalue weighted by molar-refractivity contribution is 0.168. The number of rotatable bonds is 4. The molecule has 3 unspecified atom stereocenters. The molecular formula is C16H25FN2O. The summed E-state index contributed by atoms with van der Waals surface area (Å²) < 4.78 is 18.5. The van der Waals surface area contributed by atoms with Crippen molar-refractivity contribution in [3.05, 3.63) is 29.6 Å². The van der Waals surface area contributed by atoms with Gasteiger partial charge in [-0.3, -0.25) is 0 Å². The maximum absolute atomic E-state index is 13.4. The fourth-order valence-electron chi connectivity index (χ4n) is 2.96. The molecule has 1 heterocycles. The quantitative estimate of drug-likeness (QED) is 0.918. The lowest BCUT2D eigenvalue weighted by Crippen LogP contribution is -2.47. The number of likely N-dealkylation sites (tertiary alicyclic amines) is 1. The van der Waals surface area contributed by atoms with Crippen LogP contribution in [0.1, 0.15) is 31.9 Å². The Morgan fingerprint density at radius 3 is 2.85 bits per heavy atom. The maximum Gasteiger partial charge on any atom is 0.165 e. The number of hydrogen-bond donors (Lipinski definition) is 1. The molecule has 0 aliphatic carbocycles. The number of halogens is 1. The van der Waals surface area contributed by atoms with Crippen LogP contribution in [0.15, 0.2) is 18.2 Å². The zero-order chi connectivity index (χ0) is 14.7. The summed E-state index contributed by atoms with van der Waals surface area (Å²) in [6.45, 7) is 6.65. The molecule has 1 N–H and O–H groups in total. The Labute approximate surface area is 121 Å². The third kappa shape index (κ3) is 3.49. The van der Waals surface area contributed by atoms with Crippen LogP contribution in [0.5, 0.6) is 5.75 Å². The molecule has 0 spiro atoms. The van der Waals surface area contributed by atoms with E-state index in [0.29, 0.717) is 17.7 Å². The second kappa shape index (κ2) is 6.55. The van der Waals surface area contributed by atoms with E-state index in [1.807, 2.05) is 6.07 Å². The SMILES string of the molecule is COc1cc(C(C)NC2CCN(C)CC2C)ccc1F. The molecule has 0 radical (unpaired) electrons. The van der Waals surface area contributed by atoms with Crippen LogP contribution in [0, 0.1) is 11.7 Å². The van der Waals surface area contributed by atoms with Crippen molar-refractivity contribution in [1.82, 2.24) is 10.2 Å². The highest BCUT2D eigenvalue weighted by Crippen LogP contribution is 2.25. The van der Waals surface area contributed by atoms with Crippen LogP contribution in [-0.2, 0) is 0 Å². The Morgan fingerprint density at radius 2 is 2.20 bits per heavy atom. The number of piperidine rings is 1. The molecule has 1 aromatic carbocycles. The molecule has 2 rings (SSSR count). The van der Waals surface area contributed by atoms with E-state index in [2.05, 4.69) is 31.1 Å². The van der Waals surface area contributed by atoms with Gasteiger partial charge in [-0.25, -0.2) is 4.39 Å². The molecule has 0 aromatic heterocycles. The molecule has 0 bridgehead atoms. The first-order valence-electron chi connectivity index (χ1n) is 7.29. The Hall–Kier alpha value is -1.13. The van der Waals surface area contributed by atoms with Crippen LogP contribution in [0.3, 0.4) is 0 Å². The minimum atomic E-state index is -0.309. The molecule has 1 aromatic rings. The van der Waals surface area contributed by atoms with Gasteiger partial charge in [0.25, 0.3) is 0 Å². The predicted molar refractivity (Wildman–Crippen MR) is 79.6 cm³/mol. The van der Waals surface area contributed by atoms with Gasteiger partial charge in [0.2, 0.25) is 0 Å². The van der Waals surface area contributed by atoms with Crippen LogP contribution < -0.4 is 10.1 Å². The van der Waals surface area contributed by atoms with Crippen molar-refractivity contribution in [3.8, 4) is 5.75 Å². The summed E-state index contributed by atoms with van der Waals surface area (Å²) in [5.74, 6) is 0.627. The van der Waals surface area contributed by atoms with Gasteiger partial charge in [-0.2, -0.15) is 0 Å². The molecule has 1 fully saturated rings. The van der Waals surface area contributed by atoms with Crippen LogP contribution in [0.4, 0.5) is 4.39 Å². The van der Waals surface area contributed by atoms with Gasteiger partial charge in [0.15, 0.2) is 11.6 Å². The number of methoxy groups -OCH3 is 1. The molecule has 3 nitrogen and oxygen atoms in total. The molecule has 3 atom stereocenters. The highest BCUT2D eigenvalue weighted by molar-refractivity contribution is 5.32. The zero-order valence-electron chi connectivity index (χ0n) is 12.8. The van der Waals surface area contributed by atoms with Gasteiger partial charge in [-0.15, -0.1) is 0 Å². The summed E-state index contributed by atoms with van der Waals surface area (Å²) in [4.78, 5) is 2.37. The lowest BCUT2D eigenvalue weighted by Gasteiger charge is -2.37. The maximum atomic E-state index is 13.4. The third-order valence-electron chi connectivity index (χ3n) is 4.25. The van der Waals surface area contributed by atoms with Gasteiger partial charge >= 0.3 is 0 Å². The molecule has 1 aliphatic rings. The number of benzene rings is 1. The van der Waals surface area contributed by atoms with Crippen molar-refractivity contribution in [2.24, 2.45) is 5.92 Å². The highest BCUT2D eigenvalue weighted by Gasteiger charge is 2.25. The summed E-state index contributed by atoms with van der Waals surface area (Å²) in [5.41, 5.74) is 1.06. The molecule has 4 heteroatoms. The standard InChI is InChI=1S/C16H25FN2O/c1-11-10-19(3)8-7-15(11)18-12(2)13-5-6-14(17)16(9-13)20-4/h5-6,9,11-12,15,18H,7-8,10H2,1-4H3. The molecule has 112 valence electrons. The smallest absolute Gasteiger partial charge is 0.165 e. The first kappa shape index (κ1) is 15.3. The largest absolute Gasteiger partial charge is 0.494 e. The van der Waals surface area contributed by atoms with Crippen molar-refractivity contribution < 1.29 is 9.13 Å². The molecular weight excluding hydrogens is 255 g/mol. The first-order chi connectivity index (χ1) is 9.51. The van der Waals surface area contributed by atoms with Crippen molar-refractivity contribution in [1.29, 1.82) is 0 Å². The third-order valence-corrected chi connectivity index (χ3v) is 4.25. The van der Waals surface area contributed by atoms with E-state index in [4.69, 9.17) is 4.74 Å². The number of nitrogens with one attached hydrogen (secondary N) is 1. The first-order valence-corrected chi connectivity index (χ1v) is 7.29. The van der Waals surface area contributed by atoms with Gasteiger partial charge in [0, 0.05) is 18.6 Å². The summed E-state index contributed by atoms with van der Waals surface area (Å²) in [6, 6.07) is 5.80. The van der Waals surface area contributed by atoms with Crippen molar-refractivity contribution in [2.45, 2.75) is 32.4 Å². The van der Waals surface area contributed by atoms with E-state index < -0.39 is 0 Å². The van der Waals surface area contributed by atoms with Crippen LogP contribution in [0.25, 0.3) is 0 Å². The van der Waals surface area contributed by atoms with Crippen molar-refractivity contribution >= 4 is 0 Å². The molecule has 0 amide bonds. The van der Waals surface area contributed by atoms with Gasteiger partial charge < -0.3 is 15.0 Å². The molecule has 0 saturated carbocycles. The number of ether oxygens (including phenoxy) is 1. The average Bonchev–Trinajstić information content (AvgIpc) is 2.42. The topological polar surface area (TPSA) is 24.5 Å². The Balaban J connectivity index is 2.02. The lowest BCUT2D eigenvalue weighted by atomic mass is 9.93. The highest BCUT2D eigenvalue weighted by atomic mass is 19.1. The van der Waals surface area contributed by atoms with Crippen LogP contribution >= 0.6 is 0 Å². The van der Waals surface area contributed by atoms with Crippen molar-refractivity contribution in [2.75, 3.05) is 27.2 Å². The fraction of sp³-hybridized carbons (Fsp3) is 0.625. The molecule has 1 saturated heterocycles. The second-order valence-electron chi connectivity index (χ2n) is 5.92. The van der Waals surface area contributed by atoms with Gasteiger partial charge in [0.05, 0.1) is 7.11 Å². The zero-order valence-corrected chi connectivity index (χ0v) is 12.8.